The van der Waals surface area contributed by atoms with Crippen molar-refractivity contribution in [2.45, 2.75) is 65.2 Å². The van der Waals surface area contributed by atoms with Crippen LogP contribution in [0.4, 0.5) is 0 Å². The summed E-state index contributed by atoms with van der Waals surface area (Å²) in [5.41, 5.74) is 2.83. The molecule has 20 heavy (non-hydrogen) atoms. The molecular weight excluding hydrogens is 343 g/mol. The Labute approximate surface area is 152 Å². The van der Waals surface area contributed by atoms with Gasteiger partial charge in [0, 0.05) is 0 Å². The van der Waals surface area contributed by atoms with E-state index in [1.54, 1.807) is 0 Å². The molecule has 0 radical (unpaired) electrons. The SMILES string of the molecule is CCCCC1=[C-]CC=C1.CCCCC1=[C-]CC=C1.[Cl-].[H-].[Zr+4]. The summed E-state index contributed by atoms with van der Waals surface area (Å²) in [5, 5.41) is 0. The molecule has 0 saturated heterocycles. The molecule has 0 aromatic heterocycles. The summed E-state index contributed by atoms with van der Waals surface area (Å²) >= 11 is 0. The molecule has 0 nitrogen and oxygen atoms in total. The molecule has 0 spiro atoms. The zero-order valence-corrected chi connectivity index (χ0v) is 16.1. The van der Waals surface area contributed by atoms with Crippen molar-refractivity contribution in [3.8, 4) is 0 Å². The number of halogens is 1. The van der Waals surface area contributed by atoms with Gasteiger partial charge in [0.2, 0.25) is 0 Å². The van der Waals surface area contributed by atoms with Crippen LogP contribution in [0.2, 0.25) is 0 Å². The van der Waals surface area contributed by atoms with E-state index in [9.17, 15) is 0 Å². The van der Waals surface area contributed by atoms with Gasteiger partial charge in [-0.25, -0.2) is 23.3 Å². The van der Waals surface area contributed by atoms with Gasteiger partial charge in [-0.3, -0.25) is 12.2 Å². The second kappa shape index (κ2) is 15.5. The zero-order chi connectivity index (χ0) is 13.1. The minimum Gasteiger partial charge on any atom is -1.00 e. The fourth-order valence-corrected chi connectivity index (χ4v) is 1.98. The van der Waals surface area contributed by atoms with Gasteiger partial charge < -0.3 is 13.8 Å². The molecule has 0 N–H and O–H groups in total. The van der Waals surface area contributed by atoms with Crippen molar-refractivity contribution >= 4 is 0 Å². The van der Waals surface area contributed by atoms with Crippen LogP contribution in [-0.4, -0.2) is 0 Å². The number of hydrogen-bond acceptors (Lipinski definition) is 0. The monoisotopic (exact) mass is 368 g/mol. The molecule has 0 aromatic rings. The predicted molar refractivity (Wildman–Crippen MR) is 81.2 cm³/mol. The van der Waals surface area contributed by atoms with Gasteiger partial charge in [0.15, 0.2) is 0 Å². The maximum atomic E-state index is 3.30. The van der Waals surface area contributed by atoms with E-state index < -0.39 is 0 Å². The van der Waals surface area contributed by atoms with Crippen LogP contribution in [-0.2, 0) is 26.2 Å². The minimum atomic E-state index is 0. The van der Waals surface area contributed by atoms with E-state index in [0.29, 0.717) is 0 Å². The maximum Gasteiger partial charge on any atom is 4.00 e. The molecule has 2 aliphatic carbocycles. The fraction of sp³-hybridized carbons (Fsp3) is 0.556. The van der Waals surface area contributed by atoms with Gasteiger partial charge in [0.1, 0.15) is 0 Å². The second-order valence-electron chi connectivity index (χ2n) is 4.82. The maximum absolute atomic E-state index is 3.30. The van der Waals surface area contributed by atoms with Crippen LogP contribution >= 0.6 is 0 Å². The Morgan fingerprint density at radius 2 is 1.30 bits per heavy atom. The summed E-state index contributed by atoms with van der Waals surface area (Å²) < 4.78 is 0. The van der Waals surface area contributed by atoms with Gasteiger partial charge >= 0.3 is 26.2 Å². The molecule has 110 valence electrons. The molecule has 0 bridgehead atoms. The molecule has 0 unspecified atom stereocenters. The van der Waals surface area contributed by atoms with Crippen LogP contribution in [0.15, 0.2) is 35.5 Å². The van der Waals surface area contributed by atoms with E-state index in [2.05, 4.69) is 50.3 Å². The summed E-state index contributed by atoms with van der Waals surface area (Å²) in [7, 11) is 0. The Morgan fingerprint density at radius 1 is 0.900 bits per heavy atom. The predicted octanol–water partition coefficient (Wildman–Crippen LogP) is 2.85. The van der Waals surface area contributed by atoms with Crippen molar-refractivity contribution in [1.29, 1.82) is 0 Å². The first-order chi connectivity index (χ1) is 8.86. The Bertz CT molecular complexity index is 309. The van der Waals surface area contributed by atoms with Crippen molar-refractivity contribution in [2.24, 2.45) is 0 Å². The van der Waals surface area contributed by atoms with Crippen molar-refractivity contribution < 1.29 is 40.0 Å². The van der Waals surface area contributed by atoms with Gasteiger partial charge in [0.25, 0.3) is 0 Å². The topological polar surface area (TPSA) is 0 Å². The third-order valence-electron chi connectivity index (χ3n) is 3.13. The van der Waals surface area contributed by atoms with E-state index in [-0.39, 0.29) is 40.0 Å². The van der Waals surface area contributed by atoms with Crippen molar-refractivity contribution in [2.75, 3.05) is 0 Å². The van der Waals surface area contributed by atoms with Gasteiger partial charge in [-0.05, 0) is 0 Å². The van der Waals surface area contributed by atoms with Crippen LogP contribution in [0.3, 0.4) is 0 Å². The number of allylic oxidation sites excluding steroid dienone is 8. The Balaban J connectivity index is -0.000000270. The minimum absolute atomic E-state index is 0. The Kier molecular flexibility index (Phi) is 17.4. The van der Waals surface area contributed by atoms with Crippen molar-refractivity contribution in [3.05, 3.63) is 47.6 Å². The first-order valence-corrected chi connectivity index (χ1v) is 7.39. The third kappa shape index (κ3) is 10.9. The molecule has 2 heteroatoms. The first kappa shape index (κ1) is 22.4. The Hall–Kier alpha value is 0.133. The van der Waals surface area contributed by atoms with Crippen molar-refractivity contribution in [3.63, 3.8) is 0 Å². The van der Waals surface area contributed by atoms with Crippen LogP contribution in [0, 0.1) is 12.2 Å². The summed E-state index contributed by atoms with van der Waals surface area (Å²) in [6.45, 7) is 4.44. The van der Waals surface area contributed by atoms with Gasteiger partial charge in [-0.15, -0.1) is 12.8 Å². The average Bonchev–Trinajstić information content (AvgIpc) is 3.07. The van der Waals surface area contributed by atoms with E-state index >= 15 is 0 Å². The largest absolute Gasteiger partial charge is 4.00 e. The average molecular weight is 370 g/mol. The summed E-state index contributed by atoms with van der Waals surface area (Å²) in [6.07, 6.45) is 25.1. The molecule has 0 aliphatic heterocycles. The fourth-order valence-electron chi connectivity index (χ4n) is 1.98. The van der Waals surface area contributed by atoms with Crippen molar-refractivity contribution in [1.82, 2.24) is 0 Å². The second-order valence-corrected chi connectivity index (χ2v) is 4.82. The standard InChI is InChI=1S/2C9H13.ClH.Zr.H/c2*1-2-3-6-9-7-4-5-8-9;;;/h2*4,7H,2-3,5-6H2,1H3;1H;;/q2*-1;;+4;-1/p-1. The van der Waals surface area contributed by atoms with Gasteiger partial charge in [0.05, 0.1) is 0 Å². The molecule has 0 fully saturated rings. The quantitative estimate of drug-likeness (QED) is 0.631. The molecular formula is C18H27ClZr. The number of rotatable bonds is 6. The third-order valence-corrected chi connectivity index (χ3v) is 3.13. The van der Waals surface area contributed by atoms with Crippen LogP contribution in [0.1, 0.15) is 66.6 Å². The van der Waals surface area contributed by atoms with E-state index in [1.807, 2.05) is 0 Å². The smallest absolute Gasteiger partial charge is 1.00 e. The number of unbranched alkanes of at least 4 members (excludes halogenated alkanes) is 2. The van der Waals surface area contributed by atoms with E-state index in [1.165, 1.54) is 49.7 Å². The summed E-state index contributed by atoms with van der Waals surface area (Å²) in [6, 6.07) is 0. The first-order valence-electron chi connectivity index (χ1n) is 7.39. The van der Waals surface area contributed by atoms with Crippen LogP contribution < -0.4 is 12.4 Å². The van der Waals surface area contributed by atoms with Gasteiger partial charge in [-0.1, -0.05) is 52.4 Å². The number of hydrogen-bond donors (Lipinski definition) is 0. The van der Waals surface area contributed by atoms with E-state index in [4.69, 9.17) is 0 Å². The molecule has 2 rings (SSSR count). The molecule has 2 aliphatic rings. The molecule has 0 amide bonds. The molecule has 0 saturated carbocycles. The van der Waals surface area contributed by atoms with E-state index in [0.717, 1.165) is 12.8 Å². The summed E-state index contributed by atoms with van der Waals surface area (Å²) in [5.74, 6) is 0. The molecule has 0 atom stereocenters. The zero-order valence-electron chi connectivity index (χ0n) is 13.8. The molecule has 0 heterocycles. The Morgan fingerprint density at radius 3 is 1.55 bits per heavy atom. The van der Waals surface area contributed by atoms with Gasteiger partial charge in [-0.2, -0.15) is 12.2 Å². The molecule has 0 aromatic carbocycles. The van der Waals surface area contributed by atoms with Crippen LogP contribution in [0.25, 0.3) is 0 Å². The summed E-state index contributed by atoms with van der Waals surface area (Å²) in [4.78, 5) is 0. The normalized spacial score (nSPS) is 14.7. The van der Waals surface area contributed by atoms with Crippen LogP contribution in [0.5, 0.6) is 0 Å².